The number of aromatic amines is 1. The second-order valence-corrected chi connectivity index (χ2v) is 9.47. The van der Waals surface area contributed by atoms with Crippen molar-refractivity contribution in [2.75, 3.05) is 19.5 Å². The molecule has 0 saturated carbocycles. The van der Waals surface area contributed by atoms with Gasteiger partial charge in [-0.25, -0.2) is 0 Å². The quantitative estimate of drug-likeness (QED) is 0.585. The Morgan fingerprint density at radius 3 is 2.19 bits per heavy atom. The highest BCUT2D eigenvalue weighted by Gasteiger charge is 2.30. The molecular formula is C24H27N3O4S. The summed E-state index contributed by atoms with van der Waals surface area (Å²) < 4.78 is 5.21. The number of carbonyl (C=O) groups excluding carboxylic acids is 2. The highest BCUT2D eigenvalue weighted by Crippen LogP contribution is 2.27. The smallest absolute Gasteiger partial charge is 0.305 e. The largest absolute Gasteiger partial charge is 0.497 e. The average molecular weight is 454 g/mol. The highest BCUT2D eigenvalue weighted by molar-refractivity contribution is 7.11. The minimum atomic E-state index is -0.909. The zero-order valence-electron chi connectivity index (χ0n) is 18.8. The lowest BCUT2D eigenvalue weighted by Gasteiger charge is -2.27. The van der Waals surface area contributed by atoms with Crippen molar-refractivity contribution in [3.8, 4) is 5.75 Å². The number of nitrogens with one attached hydrogen (secondary N) is 2. The summed E-state index contributed by atoms with van der Waals surface area (Å²) in [6.45, 7) is 6.36. The molecule has 1 aromatic heterocycles. The number of aromatic nitrogens is 1. The summed E-state index contributed by atoms with van der Waals surface area (Å²) in [5.74, 6) is -0.145. The van der Waals surface area contributed by atoms with Gasteiger partial charge in [-0.15, -0.1) is 0 Å². The molecule has 2 aromatic carbocycles. The van der Waals surface area contributed by atoms with E-state index in [0.717, 1.165) is 16.9 Å². The molecule has 1 heterocycles. The number of ether oxygens (including phenoxy) is 1. The molecule has 0 spiro atoms. The number of nitrogens with zero attached hydrogens (tertiary/aromatic N) is 1. The van der Waals surface area contributed by atoms with Crippen molar-refractivity contribution < 1.29 is 14.3 Å². The van der Waals surface area contributed by atoms with Gasteiger partial charge in [0.1, 0.15) is 16.7 Å². The number of hydrogen-bond acceptors (Lipinski definition) is 5. The number of thiazole rings is 1. The van der Waals surface area contributed by atoms with E-state index < -0.39 is 11.9 Å². The van der Waals surface area contributed by atoms with Crippen LogP contribution in [-0.4, -0.2) is 35.9 Å². The first kappa shape index (κ1) is 23.3. The van der Waals surface area contributed by atoms with E-state index in [1.165, 1.54) is 11.1 Å². The van der Waals surface area contributed by atoms with Crippen LogP contribution in [0.4, 0.5) is 5.69 Å². The summed E-state index contributed by atoms with van der Waals surface area (Å²) in [5, 5.41) is 2.91. The van der Waals surface area contributed by atoms with E-state index in [1.807, 2.05) is 24.3 Å². The molecule has 7 nitrogen and oxygen atoms in total. The van der Waals surface area contributed by atoms with Crippen LogP contribution < -0.4 is 14.9 Å². The van der Waals surface area contributed by atoms with Crippen LogP contribution in [0.1, 0.15) is 47.6 Å². The lowest BCUT2D eigenvalue weighted by Crippen LogP contribution is -2.38. The molecule has 3 aromatic rings. The van der Waals surface area contributed by atoms with Crippen molar-refractivity contribution >= 4 is 28.8 Å². The normalized spacial score (nSPS) is 12.2. The van der Waals surface area contributed by atoms with Gasteiger partial charge in [-0.1, -0.05) is 56.4 Å². The number of benzene rings is 2. The predicted octanol–water partition coefficient (Wildman–Crippen LogP) is 4.19. The maximum Gasteiger partial charge on any atom is 0.305 e. The first-order chi connectivity index (χ1) is 15.1. The number of anilines is 1. The average Bonchev–Trinajstić information content (AvgIpc) is 3.19. The molecule has 8 heteroatoms. The second kappa shape index (κ2) is 9.40. The molecule has 0 radical (unpaired) electrons. The van der Waals surface area contributed by atoms with Gasteiger partial charge in [0, 0.05) is 18.9 Å². The Morgan fingerprint density at radius 1 is 1.06 bits per heavy atom. The fraction of sp³-hybridized carbons (Fsp3) is 0.292. The van der Waals surface area contributed by atoms with Crippen molar-refractivity contribution in [1.82, 2.24) is 9.88 Å². The van der Waals surface area contributed by atoms with Crippen molar-refractivity contribution in [2.24, 2.45) is 0 Å². The van der Waals surface area contributed by atoms with E-state index in [4.69, 9.17) is 4.74 Å². The van der Waals surface area contributed by atoms with Crippen LogP contribution in [0.25, 0.3) is 0 Å². The lowest BCUT2D eigenvalue weighted by atomic mass is 9.87. The van der Waals surface area contributed by atoms with Gasteiger partial charge in [0.05, 0.1) is 7.11 Å². The van der Waals surface area contributed by atoms with Crippen LogP contribution in [0, 0.1) is 0 Å². The third-order valence-corrected chi connectivity index (χ3v) is 5.96. The minimum absolute atomic E-state index is 0.00104. The number of methoxy groups -OCH3 is 1. The third kappa shape index (κ3) is 5.26. The van der Waals surface area contributed by atoms with Gasteiger partial charge in [0.2, 0.25) is 0 Å². The Kier molecular flexibility index (Phi) is 6.84. The Labute approximate surface area is 191 Å². The van der Waals surface area contributed by atoms with Gasteiger partial charge >= 0.3 is 4.87 Å². The van der Waals surface area contributed by atoms with Crippen LogP contribution in [0.15, 0.2) is 59.5 Å². The monoisotopic (exact) mass is 453 g/mol. The molecule has 0 aliphatic heterocycles. The molecule has 2 amide bonds. The van der Waals surface area contributed by atoms with E-state index >= 15 is 0 Å². The summed E-state index contributed by atoms with van der Waals surface area (Å²) in [6, 6.07) is 13.7. The number of rotatable bonds is 6. The van der Waals surface area contributed by atoms with Gasteiger partial charge in [0.25, 0.3) is 11.8 Å². The second-order valence-electron chi connectivity index (χ2n) is 8.45. The lowest BCUT2D eigenvalue weighted by molar-refractivity contribution is -0.120. The number of likely N-dealkylation sites (N-methyl/N-ethyl adjacent to an activating group) is 1. The fourth-order valence-corrected chi connectivity index (χ4v) is 3.95. The first-order valence-corrected chi connectivity index (χ1v) is 10.9. The molecule has 3 rings (SSSR count). The molecule has 168 valence electrons. The van der Waals surface area contributed by atoms with Gasteiger partial charge in [-0.2, -0.15) is 0 Å². The molecule has 0 aliphatic carbocycles. The molecule has 32 heavy (non-hydrogen) atoms. The van der Waals surface area contributed by atoms with Crippen molar-refractivity contribution in [3.05, 3.63) is 80.4 Å². The molecule has 1 unspecified atom stereocenters. The molecule has 1 atom stereocenters. The predicted molar refractivity (Wildman–Crippen MR) is 127 cm³/mol. The van der Waals surface area contributed by atoms with Crippen LogP contribution in [0.5, 0.6) is 5.75 Å². The number of hydrogen-bond donors (Lipinski definition) is 2. The fourth-order valence-electron chi connectivity index (χ4n) is 3.28. The van der Waals surface area contributed by atoms with E-state index in [2.05, 4.69) is 31.1 Å². The number of amides is 2. The summed E-state index contributed by atoms with van der Waals surface area (Å²) in [5.41, 5.74) is 2.40. The number of carbonyl (C=O) groups is 2. The van der Waals surface area contributed by atoms with E-state index in [1.54, 1.807) is 38.4 Å². The third-order valence-electron chi connectivity index (χ3n) is 5.14. The standard InChI is InChI=1S/C24H27N3O4S/c1-24(2,3)16-8-10-17(11-9-16)26-21(28)20(15-6-12-18(31-5)13-7-15)27(4)22(29)19-14-25-23(30)32-19/h6-14,20H,1-5H3,(H,25,30)(H,26,28). The number of H-pyrrole nitrogens is 1. The van der Waals surface area contributed by atoms with Crippen molar-refractivity contribution in [2.45, 2.75) is 32.2 Å². The minimum Gasteiger partial charge on any atom is -0.497 e. The molecule has 0 fully saturated rings. The van der Waals surface area contributed by atoms with E-state index in [-0.39, 0.29) is 21.1 Å². The summed E-state index contributed by atoms with van der Waals surface area (Å²) in [4.78, 5) is 41.5. The maximum absolute atomic E-state index is 13.3. The highest BCUT2D eigenvalue weighted by atomic mass is 32.1. The van der Waals surface area contributed by atoms with Gasteiger partial charge < -0.3 is 19.9 Å². The van der Waals surface area contributed by atoms with Crippen molar-refractivity contribution in [1.29, 1.82) is 0 Å². The summed E-state index contributed by atoms with van der Waals surface area (Å²) >= 11 is 0.808. The Morgan fingerprint density at radius 2 is 1.69 bits per heavy atom. The Hall–Kier alpha value is -3.39. The van der Waals surface area contributed by atoms with E-state index in [0.29, 0.717) is 17.0 Å². The molecule has 0 saturated heterocycles. The van der Waals surface area contributed by atoms with Gasteiger partial charge in [-0.05, 0) is 40.8 Å². The SMILES string of the molecule is COc1ccc(C(C(=O)Nc2ccc(C(C)(C)C)cc2)N(C)C(=O)c2c[nH]c(=O)s2)cc1. The van der Waals surface area contributed by atoms with Crippen LogP contribution in [0.2, 0.25) is 0 Å². The zero-order valence-corrected chi connectivity index (χ0v) is 19.6. The zero-order chi connectivity index (χ0) is 23.5. The molecule has 2 N–H and O–H groups in total. The molecule has 0 aliphatic rings. The molecule has 0 bridgehead atoms. The Balaban J connectivity index is 1.91. The van der Waals surface area contributed by atoms with E-state index in [9.17, 15) is 14.4 Å². The van der Waals surface area contributed by atoms with Crippen LogP contribution in [-0.2, 0) is 10.2 Å². The molecular weight excluding hydrogens is 426 g/mol. The summed E-state index contributed by atoms with van der Waals surface area (Å²) in [7, 11) is 3.10. The van der Waals surface area contributed by atoms with Gasteiger partial charge in [0.15, 0.2) is 0 Å². The van der Waals surface area contributed by atoms with Crippen LogP contribution >= 0.6 is 11.3 Å². The first-order valence-electron chi connectivity index (χ1n) is 10.1. The Bertz CT molecular complexity index is 1140. The van der Waals surface area contributed by atoms with Gasteiger partial charge in [-0.3, -0.25) is 14.4 Å². The van der Waals surface area contributed by atoms with Crippen LogP contribution in [0.3, 0.4) is 0 Å². The maximum atomic E-state index is 13.3. The summed E-state index contributed by atoms with van der Waals surface area (Å²) in [6.07, 6.45) is 1.36. The van der Waals surface area contributed by atoms with Crippen molar-refractivity contribution in [3.63, 3.8) is 0 Å². The topological polar surface area (TPSA) is 91.5 Å².